The van der Waals surface area contributed by atoms with Gasteiger partial charge in [-0.1, -0.05) is 286 Å². The van der Waals surface area contributed by atoms with Gasteiger partial charge in [-0.15, -0.1) is 0 Å². The van der Waals surface area contributed by atoms with E-state index in [2.05, 4.69) is 48.5 Å². The number of rotatable bonds is 66. The summed E-state index contributed by atoms with van der Waals surface area (Å²) in [4.78, 5) is 72.4. The second kappa shape index (κ2) is 59.1. The van der Waals surface area contributed by atoms with E-state index in [4.69, 9.17) is 37.0 Å². The van der Waals surface area contributed by atoms with Gasteiger partial charge in [-0.2, -0.15) is 0 Å². The number of aliphatic hydroxyl groups excluding tert-OH is 1. The highest BCUT2D eigenvalue weighted by Crippen LogP contribution is 2.45. The number of hydrogen-bond donors (Lipinski definition) is 3. The topological polar surface area (TPSA) is 237 Å². The van der Waals surface area contributed by atoms with Crippen molar-refractivity contribution in [1.82, 2.24) is 0 Å². The fraction of sp³-hybridized carbons (Fsp3) is 0.941. The number of carbonyl (C=O) groups is 4. The van der Waals surface area contributed by atoms with E-state index in [0.29, 0.717) is 25.7 Å². The lowest BCUT2D eigenvalue weighted by molar-refractivity contribution is -0.161. The highest BCUT2D eigenvalue weighted by Gasteiger charge is 2.30. The van der Waals surface area contributed by atoms with Crippen molar-refractivity contribution in [3.05, 3.63) is 0 Å². The maximum absolute atomic E-state index is 13.0. The van der Waals surface area contributed by atoms with Crippen molar-refractivity contribution in [2.75, 3.05) is 39.6 Å². The average molecular weight is 1280 g/mol. The van der Waals surface area contributed by atoms with Gasteiger partial charge in [0.15, 0.2) is 12.2 Å². The van der Waals surface area contributed by atoms with Crippen molar-refractivity contribution < 1.29 is 80.2 Å². The summed E-state index contributed by atoms with van der Waals surface area (Å²) in [6, 6.07) is 0. The minimum absolute atomic E-state index is 0.104. The lowest BCUT2D eigenvalue weighted by Crippen LogP contribution is -2.30. The fourth-order valence-corrected chi connectivity index (χ4v) is 11.7. The first-order chi connectivity index (χ1) is 41.8. The molecule has 17 nitrogen and oxygen atoms in total. The van der Waals surface area contributed by atoms with Crippen LogP contribution in [0.4, 0.5) is 0 Å². The van der Waals surface area contributed by atoms with Crippen molar-refractivity contribution in [2.24, 2.45) is 17.8 Å². The van der Waals surface area contributed by atoms with Gasteiger partial charge < -0.3 is 33.8 Å². The maximum Gasteiger partial charge on any atom is 0.472 e. The number of ether oxygens (including phenoxy) is 4. The molecule has 0 fully saturated rings. The molecule has 0 heterocycles. The molecule has 0 amide bonds. The highest BCUT2D eigenvalue weighted by molar-refractivity contribution is 7.47. The number of unbranched alkanes of at least 4 members (excludes halogenated alkanes) is 33. The molecule has 0 aromatic carbocycles. The molecular weight excluding hydrogens is 1150 g/mol. The van der Waals surface area contributed by atoms with Crippen molar-refractivity contribution in [3.8, 4) is 0 Å². The Morgan fingerprint density at radius 3 is 0.874 bits per heavy atom. The standard InChI is InChI=1S/C68H132O17P2/c1-8-10-11-12-13-14-20-28-35-42-49-65(70)78-56-64(85-68(73)52-45-38-31-24-23-26-33-40-47-60(5)6)58-83-87(76,77)81-54-62(69)53-80-86(74,75)82-57-63(55-79-66(71)50-43-36-29-22-17-18-25-32-39-46-59(3)4)84-67(72)51-44-37-30-21-16-15-19-27-34-41-48-61(7)9-2/h59-64,69H,8-58H2,1-7H3,(H,74,75)(H,76,77)/t61?,62-,63-,64-/m1/s1. The molecule has 0 saturated heterocycles. The van der Waals surface area contributed by atoms with Gasteiger partial charge in [0.2, 0.25) is 0 Å². The van der Waals surface area contributed by atoms with Crippen molar-refractivity contribution in [2.45, 2.75) is 356 Å². The highest BCUT2D eigenvalue weighted by atomic mass is 31.2. The SMILES string of the molecule is CCCCCCCCCCCCC(=O)OC[C@H](COP(=O)(O)OC[C@H](O)COP(=O)(O)OC[C@@H](COC(=O)CCCCCCCCCCCC(C)C)OC(=O)CCCCCCCCCCCCC(C)CC)OC(=O)CCCCCCCCCCC(C)C. The van der Waals surface area contributed by atoms with Gasteiger partial charge in [-0.05, 0) is 43.4 Å². The van der Waals surface area contributed by atoms with Crippen molar-refractivity contribution in [3.63, 3.8) is 0 Å². The maximum atomic E-state index is 13.0. The number of esters is 4. The summed E-state index contributed by atoms with van der Waals surface area (Å²) in [5, 5.41) is 10.6. The Kier molecular flexibility index (Phi) is 57.8. The molecule has 0 bridgehead atoms. The summed E-state index contributed by atoms with van der Waals surface area (Å²) < 4.78 is 68.2. The zero-order chi connectivity index (χ0) is 64.5. The Morgan fingerprint density at radius 2 is 0.586 bits per heavy atom. The van der Waals surface area contributed by atoms with Crippen LogP contribution in [-0.4, -0.2) is 96.7 Å². The molecule has 0 radical (unpaired) electrons. The first kappa shape index (κ1) is 85.1. The minimum atomic E-state index is -4.95. The van der Waals surface area contributed by atoms with E-state index >= 15 is 0 Å². The van der Waals surface area contributed by atoms with Crippen LogP contribution in [0.1, 0.15) is 337 Å². The smallest absolute Gasteiger partial charge is 0.462 e. The Hall–Kier alpha value is -1.94. The van der Waals surface area contributed by atoms with Crippen LogP contribution in [0.2, 0.25) is 0 Å². The van der Waals surface area contributed by atoms with Crippen LogP contribution in [0.3, 0.4) is 0 Å². The van der Waals surface area contributed by atoms with E-state index in [1.54, 1.807) is 0 Å². The number of phosphoric ester groups is 2. The van der Waals surface area contributed by atoms with Crippen LogP contribution >= 0.6 is 15.6 Å². The van der Waals surface area contributed by atoms with Gasteiger partial charge >= 0.3 is 39.5 Å². The minimum Gasteiger partial charge on any atom is -0.462 e. The summed E-state index contributed by atoms with van der Waals surface area (Å²) in [6.07, 6.45) is 41.6. The quantitative estimate of drug-likeness (QED) is 0.0222. The summed E-state index contributed by atoms with van der Waals surface area (Å²) in [5.74, 6) is 0.134. The lowest BCUT2D eigenvalue weighted by atomic mass is 9.99. The summed E-state index contributed by atoms with van der Waals surface area (Å²) >= 11 is 0. The molecule has 0 aromatic rings. The van der Waals surface area contributed by atoms with Gasteiger partial charge in [-0.3, -0.25) is 37.3 Å². The van der Waals surface area contributed by atoms with Crippen molar-refractivity contribution in [1.29, 1.82) is 0 Å². The molecule has 0 rings (SSSR count). The summed E-state index contributed by atoms with van der Waals surface area (Å²) in [5.41, 5.74) is 0. The summed E-state index contributed by atoms with van der Waals surface area (Å²) in [7, 11) is -9.90. The van der Waals surface area contributed by atoms with Crippen molar-refractivity contribution >= 4 is 39.5 Å². The second-order valence-corrected chi connectivity index (χ2v) is 28.7. The molecule has 0 aliphatic heterocycles. The molecule has 516 valence electrons. The van der Waals surface area contributed by atoms with Crippen LogP contribution in [0.25, 0.3) is 0 Å². The Bertz CT molecular complexity index is 1720. The van der Waals surface area contributed by atoms with E-state index in [1.165, 1.54) is 148 Å². The normalized spacial score (nSPS) is 14.6. The molecule has 3 N–H and O–H groups in total. The third kappa shape index (κ3) is 61.3. The summed E-state index contributed by atoms with van der Waals surface area (Å²) in [6.45, 7) is 11.8. The first-order valence-electron chi connectivity index (χ1n) is 35.4. The largest absolute Gasteiger partial charge is 0.472 e. The van der Waals surface area contributed by atoms with Crippen LogP contribution in [0.5, 0.6) is 0 Å². The zero-order valence-corrected chi connectivity index (χ0v) is 58.3. The number of aliphatic hydroxyl groups is 1. The van der Waals surface area contributed by atoms with E-state index in [1.807, 2.05) is 0 Å². The van der Waals surface area contributed by atoms with Crippen LogP contribution in [0.15, 0.2) is 0 Å². The fourth-order valence-electron chi connectivity index (χ4n) is 10.2. The number of phosphoric acid groups is 2. The molecule has 0 saturated carbocycles. The van der Waals surface area contributed by atoms with Gasteiger partial charge in [0.1, 0.15) is 19.3 Å². The zero-order valence-electron chi connectivity index (χ0n) is 56.5. The van der Waals surface area contributed by atoms with E-state index in [0.717, 1.165) is 108 Å². The average Bonchev–Trinajstić information content (AvgIpc) is 3.65. The molecule has 19 heteroatoms. The predicted octanol–water partition coefficient (Wildman–Crippen LogP) is 19.1. The van der Waals surface area contributed by atoms with E-state index < -0.39 is 97.5 Å². The molecule has 87 heavy (non-hydrogen) atoms. The molecule has 3 unspecified atom stereocenters. The van der Waals surface area contributed by atoms with Gasteiger partial charge in [0, 0.05) is 25.7 Å². The molecule has 6 atom stereocenters. The Morgan fingerprint density at radius 1 is 0.333 bits per heavy atom. The number of carbonyl (C=O) groups excluding carboxylic acids is 4. The second-order valence-electron chi connectivity index (χ2n) is 25.8. The molecule has 0 spiro atoms. The molecule has 0 aliphatic rings. The molecular formula is C68H132O17P2. The Labute approximate surface area is 530 Å². The van der Waals surface area contributed by atoms with Crippen LogP contribution in [-0.2, 0) is 65.4 Å². The number of hydrogen-bond acceptors (Lipinski definition) is 15. The van der Waals surface area contributed by atoms with Crippen LogP contribution < -0.4 is 0 Å². The third-order valence-electron chi connectivity index (χ3n) is 16.0. The van der Waals surface area contributed by atoms with Gasteiger partial charge in [0.05, 0.1) is 26.4 Å². The molecule has 0 aliphatic carbocycles. The van der Waals surface area contributed by atoms with E-state index in [-0.39, 0.29) is 25.7 Å². The van der Waals surface area contributed by atoms with E-state index in [9.17, 15) is 43.2 Å². The third-order valence-corrected chi connectivity index (χ3v) is 17.9. The van der Waals surface area contributed by atoms with Gasteiger partial charge in [-0.25, -0.2) is 9.13 Å². The first-order valence-corrected chi connectivity index (χ1v) is 38.4. The monoisotopic (exact) mass is 1280 g/mol. The predicted molar refractivity (Wildman–Crippen MR) is 349 cm³/mol. The van der Waals surface area contributed by atoms with Gasteiger partial charge in [0.25, 0.3) is 0 Å². The lowest BCUT2D eigenvalue weighted by Gasteiger charge is -2.21. The Balaban J connectivity index is 5.26. The van der Waals surface area contributed by atoms with Crippen LogP contribution in [0, 0.1) is 17.8 Å². The molecule has 0 aromatic heterocycles.